The van der Waals surface area contributed by atoms with Gasteiger partial charge in [-0.1, -0.05) is 109 Å². The first kappa shape index (κ1) is 26.0. The van der Waals surface area contributed by atoms with Gasteiger partial charge in [-0.2, -0.15) is 0 Å². The molecular formula is C44H28N2O. The molecule has 220 valence electrons. The number of hydrogen-bond acceptors (Lipinski definition) is 2. The van der Waals surface area contributed by atoms with Crippen molar-refractivity contribution in [2.45, 2.75) is 0 Å². The van der Waals surface area contributed by atoms with Gasteiger partial charge in [-0.3, -0.25) is 0 Å². The van der Waals surface area contributed by atoms with Crippen molar-refractivity contribution in [2.75, 3.05) is 4.90 Å². The maximum absolute atomic E-state index is 6.67. The van der Waals surface area contributed by atoms with Gasteiger partial charge in [-0.25, -0.2) is 0 Å². The zero-order valence-corrected chi connectivity index (χ0v) is 25.5. The van der Waals surface area contributed by atoms with Gasteiger partial charge in [0.15, 0.2) is 0 Å². The summed E-state index contributed by atoms with van der Waals surface area (Å²) in [5, 5.41) is 9.32. The molecule has 2 heterocycles. The summed E-state index contributed by atoms with van der Waals surface area (Å²) in [5.74, 6) is 0. The number of rotatable bonds is 4. The predicted molar refractivity (Wildman–Crippen MR) is 198 cm³/mol. The number of benzene rings is 8. The summed E-state index contributed by atoms with van der Waals surface area (Å²) in [6, 6.07) is 60.8. The Bertz CT molecular complexity index is 2800. The maximum Gasteiger partial charge on any atom is 0.145 e. The number of aromatic nitrogens is 1. The van der Waals surface area contributed by atoms with Crippen LogP contribution in [0.5, 0.6) is 0 Å². The van der Waals surface area contributed by atoms with E-state index in [1.807, 2.05) is 6.07 Å². The predicted octanol–water partition coefficient (Wildman–Crippen LogP) is 12.5. The number of para-hydroxylation sites is 3. The van der Waals surface area contributed by atoms with E-state index in [9.17, 15) is 0 Å². The summed E-state index contributed by atoms with van der Waals surface area (Å²) in [6.07, 6.45) is 0. The minimum atomic E-state index is 0.900. The number of fused-ring (bicyclic) bond motifs is 9. The van der Waals surface area contributed by atoms with Crippen molar-refractivity contribution < 1.29 is 4.42 Å². The molecule has 0 aliphatic heterocycles. The molecule has 0 unspecified atom stereocenters. The lowest BCUT2D eigenvalue weighted by Gasteiger charge is -2.28. The van der Waals surface area contributed by atoms with Crippen LogP contribution in [0.2, 0.25) is 0 Å². The third-order valence-electron chi connectivity index (χ3n) is 9.54. The van der Waals surface area contributed by atoms with Gasteiger partial charge in [0, 0.05) is 43.7 Å². The van der Waals surface area contributed by atoms with Crippen molar-refractivity contribution >= 4 is 82.4 Å². The van der Waals surface area contributed by atoms with E-state index in [4.69, 9.17) is 4.42 Å². The number of hydrogen-bond donors (Lipinski definition) is 0. The second-order valence-electron chi connectivity index (χ2n) is 12.1. The van der Waals surface area contributed by atoms with Gasteiger partial charge in [0.2, 0.25) is 0 Å². The molecule has 0 saturated heterocycles. The van der Waals surface area contributed by atoms with Crippen molar-refractivity contribution in [3.05, 3.63) is 170 Å². The zero-order chi connectivity index (χ0) is 30.9. The molecule has 3 nitrogen and oxygen atoms in total. The van der Waals surface area contributed by atoms with Gasteiger partial charge in [-0.05, 0) is 71.4 Å². The van der Waals surface area contributed by atoms with E-state index in [1.165, 1.54) is 32.6 Å². The Balaban J connectivity index is 1.32. The largest absolute Gasteiger partial charge is 0.455 e. The van der Waals surface area contributed by atoms with E-state index in [0.29, 0.717) is 0 Å². The minimum absolute atomic E-state index is 0.900. The number of anilines is 3. The van der Waals surface area contributed by atoms with Gasteiger partial charge in [0.05, 0.1) is 22.4 Å². The van der Waals surface area contributed by atoms with Crippen molar-refractivity contribution in [2.24, 2.45) is 0 Å². The molecule has 0 bridgehead atoms. The molecule has 0 aliphatic carbocycles. The summed E-state index contributed by atoms with van der Waals surface area (Å²) in [7, 11) is 0. The Morgan fingerprint density at radius 3 is 2.00 bits per heavy atom. The van der Waals surface area contributed by atoms with E-state index in [-0.39, 0.29) is 0 Å². The Hall–Kier alpha value is -6.32. The van der Waals surface area contributed by atoms with E-state index in [1.54, 1.807) is 0 Å². The highest BCUT2D eigenvalue weighted by atomic mass is 16.3. The topological polar surface area (TPSA) is 21.3 Å². The molecule has 0 radical (unpaired) electrons. The van der Waals surface area contributed by atoms with E-state index in [0.717, 1.165) is 55.5 Å². The highest BCUT2D eigenvalue weighted by Crippen LogP contribution is 2.46. The van der Waals surface area contributed by atoms with E-state index < -0.39 is 0 Å². The van der Waals surface area contributed by atoms with Crippen LogP contribution >= 0.6 is 0 Å². The fraction of sp³-hybridized carbons (Fsp3) is 0. The molecule has 2 aromatic heterocycles. The molecule has 47 heavy (non-hydrogen) atoms. The van der Waals surface area contributed by atoms with Crippen LogP contribution < -0.4 is 4.90 Å². The lowest BCUT2D eigenvalue weighted by atomic mass is 10.0. The molecule has 0 atom stereocenters. The normalized spacial score (nSPS) is 11.8. The fourth-order valence-electron chi connectivity index (χ4n) is 7.49. The Morgan fingerprint density at radius 1 is 0.426 bits per heavy atom. The molecule has 0 amide bonds. The average Bonchev–Trinajstić information content (AvgIpc) is 3.68. The molecule has 0 N–H and O–H groups in total. The first-order chi connectivity index (χ1) is 23.3. The molecular weight excluding hydrogens is 572 g/mol. The minimum Gasteiger partial charge on any atom is -0.455 e. The van der Waals surface area contributed by atoms with Crippen molar-refractivity contribution in [1.82, 2.24) is 4.57 Å². The fourth-order valence-corrected chi connectivity index (χ4v) is 7.49. The van der Waals surface area contributed by atoms with Crippen LogP contribution in [-0.2, 0) is 0 Å². The summed E-state index contributed by atoms with van der Waals surface area (Å²) in [5.41, 5.74) is 8.62. The van der Waals surface area contributed by atoms with Crippen LogP contribution in [0.15, 0.2) is 174 Å². The van der Waals surface area contributed by atoms with Crippen LogP contribution in [0.4, 0.5) is 17.1 Å². The highest BCUT2D eigenvalue weighted by Gasteiger charge is 2.22. The summed E-state index contributed by atoms with van der Waals surface area (Å²) in [4.78, 5) is 2.42. The summed E-state index contributed by atoms with van der Waals surface area (Å²) >= 11 is 0. The SMILES string of the molecule is c1ccc(-n2c3ccccc3c3cc(N(c4cccc5ccccc45)c4cccc5ccc6c7ccccc7oc6c45)ccc32)cc1. The first-order valence-electron chi connectivity index (χ1n) is 16.0. The highest BCUT2D eigenvalue weighted by molar-refractivity contribution is 6.20. The van der Waals surface area contributed by atoms with Gasteiger partial charge in [-0.15, -0.1) is 0 Å². The van der Waals surface area contributed by atoms with Crippen molar-refractivity contribution in [3.63, 3.8) is 0 Å². The van der Waals surface area contributed by atoms with Gasteiger partial charge < -0.3 is 13.9 Å². The molecule has 8 aromatic carbocycles. The van der Waals surface area contributed by atoms with Crippen LogP contribution in [0.25, 0.3) is 71.0 Å². The van der Waals surface area contributed by atoms with Crippen molar-refractivity contribution in [3.8, 4) is 5.69 Å². The standard InChI is InChI=1S/C44H28N2O/c1-2-15-31(16-3-1)45-39-20-8-6-18-34(39)37-28-32(25-27-40(37)45)46(38-21-10-13-29-12-4-5-17-33(29)38)41-22-11-14-30-24-26-36-35-19-7-9-23-42(35)47-44(36)43(30)41/h1-28H. The quantitative estimate of drug-likeness (QED) is 0.200. The summed E-state index contributed by atoms with van der Waals surface area (Å²) < 4.78 is 9.03. The second kappa shape index (κ2) is 10.1. The maximum atomic E-state index is 6.67. The molecule has 0 fully saturated rings. The first-order valence-corrected chi connectivity index (χ1v) is 16.0. The van der Waals surface area contributed by atoms with Gasteiger partial charge in [0.25, 0.3) is 0 Å². The molecule has 0 aliphatic rings. The zero-order valence-electron chi connectivity index (χ0n) is 25.5. The monoisotopic (exact) mass is 600 g/mol. The molecule has 0 saturated carbocycles. The summed E-state index contributed by atoms with van der Waals surface area (Å²) in [6.45, 7) is 0. The van der Waals surface area contributed by atoms with Gasteiger partial charge >= 0.3 is 0 Å². The van der Waals surface area contributed by atoms with Crippen LogP contribution in [0.1, 0.15) is 0 Å². The van der Waals surface area contributed by atoms with Crippen molar-refractivity contribution in [1.29, 1.82) is 0 Å². The Morgan fingerprint density at radius 2 is 1.11 bits per heavy atom. The Kier molecular flexibility index (Phi) is 5.57. The third-order valence-corrected chi connectivity index (χ3v) is 9.54. The number of furan rings is 1. The van der Waals surface area contributed by atoms with Crippen LogP contribution in [0, 0.1) is 0 Å². The lowest BCUT2D eigenvalue weighted by Crippen LogP contribution is -2.11. The molecule has 0 spiro atoms. The van der Waals surface area contributed by atoms with Crippen LogP contribution in [0.3, 0.4) is 0 Å². The van der Waals surface area contributed by atoms with E-state index >= 15 is 0 Å². The lowest BCUT2D eigenvalue weighted by molar-refractivity contribution is 0.672. The van der Waals surface area contributed by atoms with Crippen LogP contribution in [-0.4, -0.2) is 4.57 Å². The van der Waals surface area contributed by atoms with Gasteiger partial charge in [0.1, 0.15) is 11.2 Å². The molecule has 3 heteroatoms. The number of nitrogens with zero attached hydrogens (tertiary/aromatic N) is 2. The second-order valence-corrected chi connectivity index (χ2v) is 12.1. The molecule has 10 rings (SSSR count). The Labute approximate surface area is 271 Å². The van der Waals surface area contributed by atoms with E-state index in [2.05, 4.69) is 173 Å². The molecule has 10 aromatic rings. The average molecular weight is 601 g/mol. The third kappa shape index (κ3) is 3.87. The smallest absolute Gasteiger partial charge is 0.145 e.